The number of nitrogens with one attached hydrogen (secondary N) is 1. The third-order valence-electron chi connectivity index (χ3n) is 6.54. The highest BCUT2D eigenvalue weighted by molar-refractivity contribution is 7.80. The highest BCUT2D eigenvalue weighted by Gasteiger charge is 2.42. The van der Waals surface area contributed by atoms with Gasteiger partial charge in [-0.3, -0.25) is 4.98 Å². The molecule has 0 saturated carbocycles. The fraction of sp³-hybridized carbons (Fsp3) is 0.179. The predicted octanol–water partition coefficient (Wildman–Crippen LogP) is 5.16. The average molecular weight is 499 g/mol. The highest BCUT2D eigenvalue weighted by Crippen LogP contribution is 2.44. The predicted molar refractivity (Wildman–Crippen MR) is 143 cm³/mol. The number of rotatable bonds is 5. The van der Waals surface area contributed by atoms with Crippen molar-refractivity contribution in [1.29, 1.82) is 0 Å². The number of anilines is 1. The van der Waals surface area contributed by atoms with E-state index in [0.717, 1.165) is 34.0 Å². The van der Waals surface area contributed by atoms with Gasteiger partial charge in [-0.15, -0.1) is 0 Å². The summed E-state index contributed by atoms with van der Waals surface area (Å²) in [5.74, 6) is -0.183. The molecule has 1 aliphatic heterocycles. The highest BCUT2D eigenvalue weighted by atomic mass is 32.1. The Labute approximate surface area is 215 Å². The van der Waals surface area contributed by atoms with Crippen LogP contribution in [0.25, 0.3) is 5.69 Å². The summed E-state index contributed by atoms with van der Waals surface area (Å²) in [4.78, 5) is 18.9. The van der Waals surface area contributed by atoms with E-state index in [9.17, 15) is 9.90 Å². The summed E-state index contributed by atoms with van der Waals surface area (Å²) in [5.41, 5.74) is 6.23. The number of phenolic OH excluding ortho intramolecular Hbond substituents is 1. The number of methoxy groups -OCH3 is 1. The first-order valence-corrected chi connectivity index (χ1v) is 12.0. The number of nitrogens with zero attached hydrogens (tertiary/aromatic N) is 3. The summed E-state index contributed by atoms with van der Waals surface area (Å²) in [6, 6.07) is 22.1. The smallest absolute Gasteiger partial charge is 0.337 e. The van der Waals surface area contributed by atoms with Gasteiger partial charge in [0, 0.05) is 29.0 Å². The minimum absolute atomic E-state index is 0.192. The summed E-state index contributed by atoms with van der Waals surface area (Å²) in [5, 5.41) is 13.9. The van der Waals surface area contributed by atoms with E-state index in [-0.39, 0.29) is 23.8 Å². The van der Waals surface area contributed by atoms with E-state index in [1.165, 1.54) is 7.11 Å². The van der Waals surface area contributed by atoms with Crippen molar-refractivity contribution in [1.82, 2.24) is 14.9 Å². The molecule has 3 heterocycles. The molecule has 2 atom stereocenters. The Morgan fingerprint density at radius 3 is 2.50 bits per heavy atom. The Hall–Kier alpha value is -4.17. The van der Waals surface area contributed by atoms with Crippen molar-refractivity contribution >= 4 is 29.0 Å². The molecule has 2 aromatic carbocycles. The van der Waals surface area contributed by atoms with Gasteiger partial charge in [0.15, 0.2) is 5.11 Å². The van der Waals surface area contributed by atoms with Crippen LogP contribution in [0, 0.1) is 13.8 Å². The van der Waals surface area contributed by atoms with E-state index in [4.69, 9.17) is 17.0 Å². The molecule has 182 valence electrons. The standard InChI is InChI=1S/C28H26N4O3S/c1-17-15-23(18(2)31(17)21-8-6-7-19(16-21)27(34)35-3)26-25(24-9-4-5-14-29-24)30-28(36)32(26)20-10-12-22(33)13-11-20/h4-16,25-26,33H,1-3H3,(H,30,36)/t25-,26+/m0/s1. The van der Waals surface area contributed by atoms with E-state index in [2.05, 4.69) is 32.8 Å². The summed E-state index contributed by atoms with van der Waals surface area (Å²) in [7, 11) is 1.38. The van der Waals surface area contributed by atoms with Crippen LogP contribution in [0.3, 0.4) is 0 Å². The molecule has 0 bridgehead atoms. The number of aromatic nitrogens is 2. The molecular formula is C28H26N4O3S. The number of hydrogen-bond donors (Lipinski definition) is 2. The molecule has 0 amide bonds. The largest absolute Gasteiger partial charge is 0.508 e. The molecule has 2 N–H and O–H groups in total. The Bertz CT molecular complexity index is 1430. The SMILES string of the molecule is COC(=O)c1cccc(-n2c(C)cc([C@@H]3[C@H](c4ccccn4)NC(=S)N3c3ccc(O)cc3)c2C)c1. The third-order valence-corrected chi connectivity index (χ3v) is 6.85. The van der Waals surface area contributed by atoms with Crippen LogP contribution in [0.4, 0.5) is 5.69 Å². The lowest BCUT2D eigenvalue weighted by Gasteiger charge is -2.28. The number of esters is 1. The zero-order chi connectivity index (χ0) is 25.4. The minimum Gasteiger partial charge on any atom is -0.508 e. The number of phenols is 1. The Morgan fingerprint density at radius 2 is 1.81 bits per heavy atom. The maximum atomic E-state index is 12.2. The van der Waals surface area contributed by atoms with Gasteiger partial charge in [-0.05, 0) is 92.3 Å². The van der Waals surface area contributed by atoms with Crippen molar-refractivity contribution in [3.8, 4) is 11.4 Å². The molecule has 0 aliphatic carbocycles. The van der Waals surface area contributed by atoms with Crippen LogP contribution in [0.2, 0.25) is 0 Å². The molecule has 1 saturated heterocycles. The van der Waals surface area contributed by atoms with Gasteiger partial charge in [-0.25, -0.2) is 4.79 Å². The molecule has 0 radical (unpaired) electrons. The summed E-state index contributed by atoms with van der Waals surface area (Å²) in [6.45, 7) is 4.11. The second kappa shape index (κ2) is 9.47. The van der Waals surface area contributed by atoms with Gasteiger partial charge in [0.2, 0.25) is 0 Å². The number of aromatic hydroxyl groups is 1. The molecule has 8 heteroatoms. The van der Waals surface area contributed by atoms with Gasteiger partial charge >= 0.3 is 5.97 Å². The van der Waals surface area contributed by atoms with Crippen molar-refractivity contribution < 1.29 is 14.6 Å². The molecular weight excluding hydrogens is 472 g/mol. The number of carbonyl (C=O) groups is 1. The normalized spacial score (nSPS) is 17.2. The lowest BCUT2D eigenvalue weighted by Crippen LogP contribution is -2.29. The van der Waals surface area contributed by atoms with Gasteiger partial charge in [-0.2, -0.15) is 0 Å². The lowest BCUT2D eigenvalue weighted by molar-refractivity contribution is 0.0600. The average Bonchev–Trinajstić information content (AvgIpc) is 3.39. The molecule has 1 fully saturated rings. The van der Waals surface area contributed by atoms with Crippen molar-refractivity contribution in [2.75, 3.05) is 12.0 Å². The molecule has 36 heavy (non-hydrogen) atoms. The molecule has 0 spiro atoms. The quantitative estimate of drug-likeness (QED) is 0.291. The van der Waals surface area contributed by atoms with E-state index in [1.807, 2.05) is 55.5 Å². The monoisotopic (exact) mass is 498 g/mol. The van der Waals surface area contributed by atoms with Crippen LogP contribution < -0.4 is 10.2 Å². The van der Waals surface area contributed by atoms with E-state index in [0.29, 0.717) is 10.7 Å². The number of carbonyl (C=O) groups excluding carboxylic acids is 1. The minimum atomic E-state index is -0.376. The first kappa shape index (κ1) is 23.6. The van der Waals surface area contributed by atoms with E-state index in [1.54, 1.807) is 24.4 Å². The maximum absolute atomic E-state index is 12.2. The van der Waals surface area contributed by atoms with Gasteiger partial charge < -0.3 is 24.6 Å². The Morgan fingerprint density at radius 1 is 1.03 bits per heavy atom. The number of hydrogen-bond acceptors (Lipinski definition) is 5. The van der Waals surface area contributed by atoms with Crippen LogP contribution in [0.15, 0.2) is 79.0 Å². The molecule has 2 aromatic heterocycles. The van der Waals surface area contributed by atoms with Crippen LogP contribution in [0.5, 0.6) is 5.75 Å². The summed E-state index contributed by atoms with van der Waals surface area (Å²) < 4.78 is 7.05. The van der Waals surface area contributed by atoms with Gasteiger partial charge in [0.25, 0.3) is 0 Å². The zero-order valence-electron chi connectivity index (χ0n) is 20.2. The second-order valence-electron chi connectivity index (χ2n) is 8.72. The number of ether oxygens (including phenoxy) is 1. The molecule has 5 rings (SSSR count). The topological polar surface area (TPSA) is 79.6 Å². The molecule has 0 unspecified atom stereocenters. The maximum Gasteiger partial charge on any atom is 0.337 e. The first-order valence-electron chi connectivity index (χ1n) is 11.6. The molecule has 4 aromatic rings. The van der Waals surface area contributed by atoms with Gasteiger partial charge in [0.05, 0.1) is 30.5 Å². The summed E-state index contributed by atoms with van der Waals surface area (Å²) >= 11 is 5.81. The number of aryl methyl sites for hydroxylation is 1. The van der Waals surface area contributed by atoms with Crippen LogP contribution in [-0.2, 0) is 4.74 Å². The molecule has 1 aliphatic rings. The molecule has 7 nitrogen and oxygen atoms in total. The Kier molecular flexibility index (Phi) is 6.20. The first-order chi connectivity index (χ1) is 17.4. The second-order valence-corrected chi connectivity index (χ2v) is 9.10. The number of benzene rings is 2. The number of thiocarbonyl (C=S) groups is 1. The Balaban J connectivity index is 1.66. The van der Waals surface area contributed by atoms with Crippen molar-refractivity contribution in [3.63, 3.8) is 0 Å². The van der Waals surface area contributed by atoms with Crippen molar-refractivity contribution in [3.05, 3.63) is 107 Å². The fourth-order valence-corrected chi connectivity index (χ4v) is 5.28. The van der Waals surface area contributed by atoms with Gasteiger partial charge in [-0.1, -0.05) is 12.1 Å². The lowest BCUT2D eigenvalue weighted by atomic mass is 9.96. The van der Waals surface area contributed by atoms with Crippen LogP contribution in [-0.4, -0.2) is 32.8 Å². The third kappa shape index (κ3) is 4.09. The summed E-state index contributed by atoms with van der Waals surface area (Å²) in [6.07, 6.45) is 1.78. The fourth-order valence-electron chi connectivity index (χ4n) is 4.94. The van der Waals surface area contributed by atoms with Crippen LogP contribution in [0.1, 0.15) is 45.1 Å². The van der Waals surface area contributed by atoms with Crippen LogP contribution >= 0.6 is 12.2 Å². The van der Waals surface area contributed by atoms with E-state index < -0.39 is 0 Å². The number of pyridine rings is 1. The van der Waals surface area contributed by atoms with Crippen molar-refractivity contribution in [2.24, 2.45) is 0 Å². The van der Waals surface area contributed by atoms with Gasteiger partial charge in [0.1, 0.15) is 5.75 Å². The zero-order valence-corrected chi connectivity index (χ0v) is 21.0. The van der Waals surface area contributed by atoms with Crippen molar-refractivity contribution in [2.45, 2.75) is 25.9 Å². The van der Waals surface area contributed by atoms with E-state index >= 15 is 0 Å².